The van der Waals surface area contributed by atoms with Crippen molar-refractivity contribution in [2.45, 2.75) is 19.4 Å². The summed E-state index contributed by atoms with van der Waals surface area (Å²) in [6.07, 6.45) is 0. The number of nitrogen functional groups attached to an aromatic ring is 1. The molecule has 0 atom stereocenters. The van der Waals surface area contributed by atoms with E-state index in [9.17, 15) is 4.79 Å². The van der Waals surface area contributed by atoms with Gasteiger partial charge >= 0.3 is 0 Å². The number of carbonyl (C=O) groups is 1. The number of hydrogen-bond acceptors (Lipinski definition) is 6. The Kier molecular flexibility index (Phi) is 3.39. The van der Waals surface area contributed by atoms with Crippen molar-refractivity contribution in [1.82, 2.24) is 0 Å². The molecule has 1 saturated heterocycles. The van der Waals surface area contributed by atoms with Gasteiger partial charge in [0.1, 0.15) is 15.9 Å². The molecule has 0 bridgehead atoms. The van der Waals surface area contributed by atoms with Gasteiger partial charge in [-0.05, 0) is 13.8 Å². The van der Waals surface area contributed by atoms with Crippen LogP contribution in [0.1, 0.15) is 29.1 Å². The molecular formula is C12H16N4O2S. The lowest BCUT2D eigenvalue weighted by Crippen LogP contribution is -2.48. The summed E-state index contributed by atoms with van der Waals surface area (Å²) in [6.45, 7) is 5.79. The average molecular weight is 280 g/mol. The SMILES string of the molecule is CC1(C)CN(c2sc(C#N)c(N)c2C(N)=O)CCO1. The Bertz CT molecular complexity index is 559. The Morgan fingerprint density at radius 3 is 2.79 bits per heavy atom. The van der Waals surface area contributed by atoms with Gasteiger partial charge in [0.2, 0.25) is 0 Å². The molecular weight excluding hydrogens is 264 g/mol. The minimum atomic E-state index is -0.602. The number of thiophene rings is 1. The summed E-state index contributed by atoms with van der Waals surface area (Å²) < 4.78 is 5.63. The highest BCUT2D eigenvalue weighted by Gasteiger charge is 2.32. The molecule has 7 heteroatoms. The second-order valence-electron chi connectivity index (χ2n) is 5.03. The minimum absolute atomic E-state index is 0.180. The smallest absolute Gasteiger partial charge is 0.253 e. The van der Waals surface area contributed by atoms with E-state index in [4.69, 9.17) is 21.5 Å². The fourth-order valence-electron chi connectivity index (χ4n) is 2.17. The summed E-state index contributed by atoms with van der Waals surface area (Å²) >= 11 is 1.21. The van der Waals surface area contributed by atoms with E-state index in [2.05, 4.69) is 0 Å². The Morgan fingerprint density at radius 1 is 1.58 bits per heavy atom. The van der Waals surface area contributed by atoms with E-state index in [1.54, 1.807) is 0 Å². The van der Waals surface area contributed by atoms with Gasteiger partial charge in [-0.15, -0.1) is 11.3 Å². The van der Waals surface area contributed by atoms with Crippen LogP contribution in [0.2, 0.25) is 0 Å². The van der Waals surface area contributed by atoms with E-state index in [0.717, 1.165) is 0 Å². The molecule has 1 aromatic heterocycles. The minimum Gasteiger partial charge on any atom is -0.396 e. The molecule has 102 valence electrons. The van der Waals surface area contributed by atoms with Crippen LogP contribution in [-0.4, -0.2) is 31.2 Å². The van der Waals surface area contributed by atoms with Crippen molar-refractivity contribution < 1.29 is 9.53 Å². The highest BCUT2D eigenvalue weighted by Crippen LogP contribution is 2.39. The van der Waals surface area contributed by atoms with Gasteiger partial charge in [-0.1, -0.05) is 0 Å². The normalized spacial score (nSPS) is 18.1. The van der Waals surface area contributed by atoms with E-state index >= 15 is 0 Å². The molecule has 2 heterocycles. The molecule has 0 aromatic carbocycles. The molecule has 1 fully saturated rings. The van der Waals surface area contributed by atoms with Crippen LogP contribution in [0.15, 0.2) is 0 Å². The molecule has 19 heavy (non-hydrogen) atoms. The summed E-state index contributed by atoms with van der Waals surface area (Å²) in [6, 6.07) is 2.00. The molecule has 1 aliphatic heterocycles. The summed E-state index contributed by atoms with van der Waals surface area (Å²) in [4.78, 5) is 13.9. The molecule has 4 N–H and O–H groups in total. The third-order valence-corrected chi connectivity index (χ3v) is 4.16. The first kappa shape index (κ1) is 13.6. The van der Waals surface area contributed by atoms with E-state index in [1.807, 2.05) is 24.8 Å². The second kappa shape index (κ2) is 4.72. The van der Waals surface area contributed by atoms with Crippen molar-refractivity contribution in [2.75, 3.05) is 30.3 Å². The first-order chi connectivity index (χ1) is 8.85. The number of anilines is 2. The van der Waals surface area contributed by atoms with Gasteiger partial charge in [0, 0.05) is 13.1 Å². The molecule has 0 spiro atoms. The Morgan fingerprint density at radius 2 is 2.26 bits per heavy atom. The molecule has 0 unspecified atom stereocenters. The molecule has 2 rings (SSSR count). The topological polar surface area (TPSA) is 105 Å². The second-order valence-corrected chi connectivity index (χ2v) is 6.03. The summed E-state index contributed by atoms with van der Waals surface area (Å²) in [5.74, 6) is -0.602. The highest BCUT2D eigenvalue weighted by molar-refractivity contribution is 7.17. The molecule has 1 aliphatic rings. The van der Waals surface area contributed by atoms with Gasteiger partial charge in [0.25, 0.3) is 5.91 Å². The van der Waals surface area contributed by atoms with Crippen molar-refractivity contribution >= 4 is 27.9 Å². The number of nitrogens with zero attached hydrogens (tertiary/aromatic N) is 2. The Labute approximate surface area is 115 Å². The maximum Gasteiger partial charge on any atom is 0.253 e. The quantitative estimate of drug-likeness (QED) is 0.837. The summed E-state index contributed by atoms with van der Waals surface area (Å²) in [5.41, 5.74) is 11.3. The fourth-order valence-corrected chi connectivity index (χ4v) is 3.21. The van der Waals surface area contributed by atoms with E-state index in [1.165, 1.54) is 11.3 Å². The first-order valence-electron chi connectivity index (χ1n) is 5.87. The fraction of sp³-hybridized carbons (Fsp3) is 0.500. The van der Waals surface area contributed by atoms with Crippen molar-refractivity contribution in [2.24, 2.45) is 5.73 Å². The van der Waals surface area contributed by atoms with Gasteiger partial charge in [0.05, 0.1) is 23.5 Å². The molecule has 1 amide bonds. The number of rotatable bonds is 2. The number of amides is 1. The first-order valence-corrected chi connectivity index (χ1v) is 6.68. The lowest BCUT2D eigenvalue weighted by molar-refractivity contribution is -0.0275. The van der Waals surface area contributed by atoms with Crippen LogP contribution < -0.4 is 16.4 Å². The number of nitriles is 1. The van der Waals surface area contributed by atoms with E-state index < -0.39 is 5.91 Å². The van der Waals surface area contributed by atoms with Crippen molar-refractivity contribution in [3.63, 3.8) is 0 Å². The van der Waals surface area contributed by atoms with Gasteiger partial charge in [-0.25, -0.2) is 0 Å². The van der Waals surface area contributed by atoms with Crippen LogP contribution in [0.25, 0.3) is 0 Å². The molecule has 1 aromatic rings. The zero-order valence-electron chi connectivity index (χ0n) is 10.9. The predicted molar refractivity (Wildman–Crippen MR) is 74.2 cm³/mol. The zero-order valence-corrected chi connectivity index (χ0v) is 11.7. The molecule has 0 radical (unpaired) electrons. The van der Waals surface area contributed by atoms with Crippen LogP contribution in [0.5, 0.6) is 0 Å². The molecule has 6 nitrogen and oxygen atoms in total. The van der Waals surface area contributed by atoms with Gasteiger partial charge in [0.15, 0.2) is 0 Å². The lowest BCUT2D eigenvalue weighted by atomic mass is 10.1. The summed E-state index contributed by atoms with van der Waals surface area (Å²) in [5, 5.41) is 9.69. The zero-order chi connectivity index (χ0) is 14.2. The Hall–Kier alpha value is -1.78. The third kappa shape index (κ3) is 2.50. The number of primary amides is 1. The van der Waals surface area contributed by atoms with Crippen LogP contribution in [0, 0.1) is 11.3 Å². The van der Waals surface area contributed by atoms with E-state index in [0.29, 0.717) is 29.6 Å². The predicted octanol–water partition coefficient (Wildman–Crippen LogP) is 0.916. The highest BCUT2D eigenvalue weighted by atomic mass is 32.1. The van der Waals surface area contributed by atoms with Crippen molar-refractivity contribution in [3.05, 3.63) is 10.4 Å². The van der Waals surface area contributed by atoms with Gasteiger partial charge < -0.3 is 21.1 Å². The standard InChI is InChI=1S/C12H16N4O2S/c1-12(2)6-16(3-4-18-12)11-8(10(15)17)9(14)7(5-13)19-11/h3-4,6,14H2,1-2H3,(H2,15,17). The lowest BCUT2D eigenvalue weighted by Gasteiger charge is -2.39. The van der Waals surface area contributed by atoms with Crippen LogP contribution >= 0.6 is 11.3 Å². The number of ether oxygens (including phenoxy) is 1. The number of nitrogens with two attached hydrogens (primary N) is 2. The average Bonchev–Trinajstić information content (AvgIpc) is 2.65. The molecule has 0 saturated carbocycles. The van der Waals surface area contributed by atoms with Crippen molar-refractivity contribution in [3.8, 4) is 6.07 Å². The van der Waals surface area contributed by atoms with Gasteiger partial charge in [-0.3, -0.25) is 4.79 Å². The Balaban J connectivity index is 2.45. The number of morpholine rings is 1. The number of carbonyl (C=O) groups excluding carboxylic acids is 1. The largest absolute Gasteiger partial charge is 0.396 e. The van der Waals surface area contributed by atoms with Crippen LogP contribution in [0.4, 0.5) is 10.7 Å². The van der Waals surface area contributed by atoms with E-state index in [-0.39, 0.29) is 16.9 Å². The number of hydrogen-bond donors (Lipinski definition) is 2. The van der Waals surface area contributed by atoms with Crippen LogP contribution in [0.3, 0.4) is 0 Å². The monoisotopic (exact) mass is 280 g/mol. The maximum atomic E-state index is 11.6. The van der Waals surface area contributed by atoms with Gasteiger partial charge in [-0.2, -0.15) is 5.26 Å². The molecule has 0 aliphatic carbocycles. The third-order valence-electron chi connectivity index (χ3n) is 2.99. The maximum absolute atomic E-state index is 11.6. The van der Waals surface area contributed by atoms with Crippen molar-refractivity contribution in [1.29, 1.82) is 5.26 Å². The van der Waals surface area contributed by atoms with Crippen LogP contribution in [-0.2, 0) is 4.74 Å². The summed E-state index contributed by atoms with van der Waals surface area (Å²) in [7, 11) is 0.